The molecule has 0 saturated heterocycles. The largest absolute Gasteiger partial charge is 0.508 e. The van der Waals surface area contributed by atoms with Crippen LogP contribution >= 0.6 is 23.2 Å². The van der Waals surface area contributed by atoms with E-state index in [1.54, 1.807) is 30.7 Å². The molecule has 158 valence electrons. The Morgan fingerprint density at radius 1 is 1.23 bits per heavy atom. The maximum atomic E-state index is 12.3. The van der Waals surface area contributed by atoms with Crippen LogP contribution < -0.4 is 10.2 Å². The van der Waals surface area contributed by atoms with Crippen LogP contribution in [0.2, 0.25) is 10.0 Å². The number of aromatic nitrogens is 3. The van der Waals surface area contributed by atoms with Gasteiger partial charge in [-0.05, 0) is 30.3 Å². The quantitative estimate of drug-likeness (QED) is 0.452. The second-order valence-electron chi connectivity index (χ2n) is 6.95. The fourth-order valence-electron chi connectivity index (χ4n) is 3.21. The van der Waals surface area contributed by atoms with E-state index in [1.807, 2.05) is 34.8 Å². The number of hydrogen-bond acceptors (Lipinski definition) is 5. The predicted octanol–water partition coefficient (Wildman–Crippen LogP) is 4.30. The Morgan fingerprint density at radius 2 is 2.06 bits per heavy atom. The molecule has 4 rings (SSSR count). The summed E-state index contributed by atoms with van der Waals surface area (Å²) in [7, 11) is 1.88. The zero-order chi connectivity index (χ0) is 22.0. The molecule has 0 fully saturated rings. The number of carbonyl (C=O) groups is 1. The number of benzene rings is 2. The Kier molecular flexibility index (Phi) is 5.97. The van der Waals surface area contributed by atoms with Crippen LogP contribution in [0.4, 0.5) is 5.82 Å². The summed E-state index contributed by atoms with van der Waals surface area (Å²) in [5.41, 5.74) is 1.85. The van der Waals surface area contributed by atoms with Crippen molar-refractivity contribution >= 4 is 45.8 Å². The molecule has 0 unspecified atom stereocenters. The molecule has 2 aromatic carbocycles. The zero-order valence-electron chi connectivity index (χ0n) is 16.6. The van der Waals surface area contributed by atoms with E-state index in [9.17, 15) is 9.90 Å². The molecule has 2 heterocycles. The van der Waals surface area contributed by atoms with Crippen molar-refractivity contribution in [3.8, 4) is 11.4 Å². The van der Waals surface area contributed by atoms with Crippen molar-refractivity contribution in [1.29, 1.82) is 0 Å². The van der Waals surface area contributed by atoms with Crippen molar-refractivity contribution in [1.82, 2.24) is 19.9 Å². The van der Waals surface area contributed by atoms with Crippen LogP contribution in [0.25, 0.3) is 16.6 Å². The molecule has 4 aromatic rings. The standard InChI is InChI=1S/C22H19Cl2N5O2/c1-28(9-8-26-22(31)14-3-2-4-15(30)11-14)19-12-18(29-10-7-25-13-29)16-5-6-17(23)20(24)21(16)27-19/h2-7,10-13,30H,8-9H2,1H3,(H,26,31). The number of nitrogens with one attached hydrogen (secondary N) is 1. The summed E-state index contributed by atoms with van der Waals surface area (Å²) in [6.45, 7) is 0.888. The van der Waals surface area contributed by atoms with Crippen LogP contribution in [0.1, 0.15) is 10.4 Å². The molecule has 2 N–H and O–H groups in total. The van der Waals surface area contributed by atoms with Crippen molar-refractivity contribution in [3.05, 3.63) is 76.8 Å². The van der Waals surface area contributed by atoms with Gasteiger partial charge in [-0.25, -0.2) is 9.97 Å². The lowest BCUT2D eigenvalue weighted by Gasteiger charge is -2.21. The fourth-order valence-corrected chi connectivity index (χ4v) is 3.57. The van der Waals surface area contributed by atoms with Gasteiger partial charge in [-0.15, -0.1) is 0 Å². The maximum Gasteiger partial charge on any atom is 0.251 e. The zero-order valence-corrected chi connectivity index (χ0v) is 18.1. The van der Waals surface area contributed by atoms with E-state index in [1.165, 1.54) is 12.1 Å². The minimum Gasteiger partial charge on any atom is -0.508 e. The smallest absolute Gasteiger partial charge is 0.251 e. The van der Waals surface area contributed by atoms with E-state index >= 15 is 0 Å². The monoisotopic (exact) mass is 455 g/mol. The molecule has 31 heavy (non-hydrogen) atoms. The number of nitrogens with zero attached hydrogens (tertiary/aromatic N) is 4. The van der Waals surface area contributed by atoms with E-state index in [-0.39, 0.29) is 11.7 Å². The fraction of sp³-hybridized carbons (Fsp3) is 0.136. The molecule has 2 aromatic heterocycles. The van der Waals surface area contributed by atoms with Gasteiger partial charge >= 0.3 is 0 Å². The van der Waals surface area contributed by atoms with E-state index in [0.29, 0.717) is 40.0 Å². The number of phenols is 1. The van der Waals surface area contributed by atoms with Crippen LogP contribution in [-0.4, -0.2) is 45.7 Å². The highest BCUT2D eigenvalue weighted by Crippen LogP contribution is 2.34. The topological polar surface area (TPSA) is 83.3 Å². The number of imidazole rings is 1. The Labute approximate surface area is 188 Å². The van der Waals surface area contributed by atoms with Crippen LogP contribution in [0.3, 0.4) is 0 Å². The van der Waals surface area contributed by atoms with Gasteiger partial charge in [0.05, 0.1) is 27.6 Å². The predicted molar refractivity (Wildman–Crippen MR) is 123 cm³/mol. The van der Waals surface area contributed by atoms with Crippen LogP contribution in [0, 0.1) is 0 Å². The van der Waals surface area contributed by atoms with E-state index in [0.717, 1.165) is 11.1 Å². The maximum absolute atomic E-state index is 12.3. The third-order valence-corrected chi connectivity index (χ3v) is 5.65. The first-order chi connectivity index (χ1) is 14.9. The van der Waals surface area contributed by atoms with Gasteiger partial charge in [0.2, 0.25) is 0 Å². The summed E-state index contributed by atoms with van der Waals surface area (Å²) in [4.78, 5) is 23.0. The molecule has 0 atom stereocenters. The number of aromatic hydroxyl groups is 1. The first kappa shape index (κ1) is 21.0. The first-order valence-corrected chi connectivity index (χ1v) is 10.2. The summed E-state index contributed by atoms with van der Waals surface area (Å²) >= 11 is 12.7. The number of halogens is 2. The highest BCUT2D eigenvalue weighted by molar-refractivity contribution is 6.45. The molecule has 1 amide bonds. The lowest BCUT2D eigenvalue weighted by molar-refractivity contribution is 0.0954. The number of phenolic OH excluding ortho intramolecular Hbond substituents is 1. The number of carbonyl (C=O) groups excluding carboxylic acids is 1. The van der Waals surface area contributed by atoms with Gasteiger partial charge in [-0.1, -0.05) is 29.3 Å². The van der Waals surface area contributed by atoms with Crippen molar-refractivity contribution in [2.45, 2.75) is 0 Å². The normalized spacial score (nSPS) is 10.9. The van der Waals surface area contributed by atoms with Crippen LogP contribution in [0.15, 0.2) is 61.2 Å². The lowest BCUT2D eigenvalue weighted by atomic mass is 10.1. The number of rotatable bonds is 6. The molecule has 0 aliphatic heterocycles. The van der Waals surface area contributed by atoms with Crippen molar-refractivity contribution in [3.63, 3.8) is 0 Å². The van der Waals surface area contributed by atoms with Gasteiger partial charge in [0.25, 0.3) is 5.91 Å². The van der Waals surface area contributed by atoms with Gasteiger partial charge in [-0.3, -0.25) is 4.79 Å². The van der Waals surface area contributed by atoms with E-state index in [2.05, 4.69) is 10.3 Å². The van der Waals surface area contributed by atoms with E-state index < -0.39 is 0 Å². The minimum absolute atomic E-state index is 0.0488. The second-order valence-corrected chi connectivity index (χ2v) is 7.74. The number of amides is 1. The number of anilines is 1. The Bertz CT molecular complexity index is 1240. The van der Waals surface area contributed by atoms with Gasteiger partial charge < -0.3 is 19.9 Å². The molecule has 0 bridgehead atoms. The average Bonchev–Trinajstić information content (AvgIpc) is 3.30. The molecule has 0 saturated carbocycles. The summed E-state index contributed by atoms with van der Waals surface area (Å²) < 4.78 is 1.88. The number of pyridine rings is 1. The number of hydrogen-bond donors (Lipinski definition) is 2. The molecular formula is C22H19Cl2N5O2. The van der Waals surface area contributed by atoms with Crippen molar-refractivity contribution in [2.75, 3.05) is 25.0 Å². The summed E-state index contributed by atoms with van der Waals surface area (Å²) in [6.07, 6.45) is 5.25. The molecule has 0 aliphatic rings. The van der Waals surface area contributed by atoms with Crippen LogP contribution in [0.5, 0.6) is 5.75 Å². The molecule has 9 heteroatoms. The average molecular weight is 456 g/mol. The Morgan fingerprint density at radius 3 is 2.81 bits per heavy atom. The van der Waals surface area contributed by atoms with Crippen molar-refractivity contribution in [2.24, 2.45) is 0 Å². The molecule has 0 spiro atoms. The van der Waals surface area contributed by atoms with E-state index in [4.69, 9.17) is 28.2 Å². The second kappa shape index (κ2) is 8.83. The summed E-state index contributed by atoms with van der Waals surface area (Å²) in [5.74, 6) is 0.462. The highest BCUT2D eigenvalue weighted by atomic mass is 35.5. The van der Waals surface area contributed by atoms with Gasteiger partial charge in [-0.2, -0.15) is 0 Å². The Balaban J connectivity index is 1.57. The molecule has 0 aliphatic carbocycles. The van der Waals surface area contributed by atoms with Crippen molar-refractivity contribution < 1.29 is 9.90 Å². The SMILES string of the molecule is CN(CCNC(=O)c1cccc(O)c1)c1cc(-n2ccnc2)c2ccc(Cl)c(Cl)c2n1. The number of likely N-dealkylation sites (N-methyl/N-ethyl adjacent to an activating group) is 1. The molecule has 0 radical (unpaired) electrons. The van der Waals surface area contributed by atoms with Crippen LogP contribution in [-0.2, 0) is 0 Å². The number of fused-ring (bicyclic) bond motifs is 1. The summed E-state index contributed by atoms with van der Waals surface area (Å²) in [6, 6.07) is 11.8. The van der Waals surface area contributed by atoms with Gasteiger partial charge in [0, 0.05) is 49.5 Å². The lowest BCUT2D eigenvalue weighted by Crippen LogP contribution is -2.33. The Hall–Kier alpha value is -3.29. The molecule has 7 nitrogen and oxygen atoms in total. The van der Waals surface area contributed by atoms with Gasteiger partial charge in [0.15, 0.2) is 0 Å². The molecular weight excluding hydrogens is 437 g/mol. The van der Waals surface area contributed by atoms with Gasteiger partial charge in [0.1, 0.15) is 11.6 Å². The minimum atomic E-state index is -0.260. The summed E-state index contributed by atoms with van der Waals surface area (Å²) in [5, 5.41) is 14.0. The highest BCUT2D eigenvalue weighted by Gasteiger charge is 2.15. The third kappa shape index (κ3) is 4.42. The first-order valence-electron chi connectivity index (χ1n) is 9.49. The third-order valence-electron chi connectivity index (χ3n) is 4.85.